The van der Waals surface area contributed by atoms with E-state index in [0.717, 1.165) is 29.2 Å². The number of hydrogen-bond donors (Lipinski definition) is 1. The molecule has 0 unspecified atom stereocenters. The molecule has 0 saturated carbocycles. The molecule has 2 aliphatic rings. The van der Waals surface area contributed by atoms with Crippen molar-refractivity contribution in [3.8, 4) is 0 Å². The normalized spacial score (nSPS) is 20.0. The van der Waals surface area contributed by atoms with Crippen LogP contribution < -0.4 is 15.1 Å². The third-order valence-corrected chi connectivity index (χ3v) is 5.98. The van der Waals surface area contributed by atoms with E-state index in [9.17, 15) is 14.4 Å². The van der Waals surface area contributed by atoms with Crippen LogP contribution in [-0.4, -0.2) is 61.1 Å². The van der Waals surface area contributed by atoms with Crippen LogP contribution in [-0.2, 0) is 14.3 Å². The summed E-state index contributed by atoms with van der Waals surface area (Å²) >= 11 is 0. The van der Waals surface area contributed by atoms with Crippen molar-refractivity contribution in [2.24, 2.45) is 0 Å². The van der Waals surface area contributed by atoms with Gasteiger partial charge < -0.3 is 15.0 Å². The van der Waals surface area contributed by atoms with Crippen LogP contribution in [0.2, 0.25) is 0 Å². The molecular formula is C24H28N4O4. The largest absolute Gasteiger partial charge is 0.378 e. The Morgan fingerprint density at radius 1 is 1.00 bits per heavy atom. The van der Waals surface area contributed by atoms with E-state index in [2.05, 4.69) is 10.2 Å². The molecule has 2 aliphatic heterocycles. The minimum atomic E-state index is -0.938. The summed E-state index contributed by atoms with van der Waals surface area (Å²) in [6, 6.07) is 12.8. The lowest BCUT2D eigenvalue weighted by Gasteiger charge is -2.29. The first-order valence-electron chi connectivity index (χ1n) is 10.8. The molecule has 2 aromatic carbocycles. The second-order valence-corrected chi connectivity index (χ2v) is 8.18. The molecule has 0 bridgehead atoms. The Hall–Kier alpha value is -3.39. The maximum atomic E-state index is 13.1. The average Bonchev–Trinajstić information content (AvgIpc) is 3.03. The molecule has 8 heteroatoms. The Morgan fingerprint density at radius 2 is 1.59 bits per heavy atom. The maximum Gasteiger partial charge on any atom is 0.332 e. The number of imide groups is 1. The van der Waals surface area contributed by atoms with Gasteiger partial charge in [-0.1, -0.05) is 17.7 Å². The second kappa shape index (κ2) is 9.00. The van der Waals surface area contributed by atoms with Crippen molar-refractivity contribution in [1.82, 2.24) is 4.90 Å². The van der Waals surface area contributed by atoms with Crippen molar-refractivity contribution < 1.29 is 19.1 Å². The number of nitrogens with zero attached hydrogens (tertiary/aromatic N) is 3. The Labute approximate surface area is 187 Å². The van der Waals surface area contributed by atoms with Gasteiger partial charge in [-0.2, -0.15) is 0 Å². The van der Waals surface area contributed by atoms with Gasteiger partial charge in [0.05, 0.1) is 13.2 Å². The lowest BCUT2D eigenvalue weighted by molar-refractivity contribution is -0.133. The molecule has 0 aliphatic carbocycles. The minimum Gasteiger partial charge on any atom is -0.378 e. The third kappa shape index (κ3) is 4.18. The van der Waals surface area contributed by atoms with Crippen molar-refractivity contribution in [3.63, 3.8) is 0 Å². The van der Waals surface area contributed by atoms with Crippen LogP contribution in [0.25, 0.3) is 0 Å². The minimum absolute atomic E-state index is 0.388. The lowest BCUT2D eigenvalue weighted by Crippen LogP contribution is -2.46. The van der Waals surface area contributed by atoms with Gasteiger partial charge in [-0.05, 0) is 57.2 Å². The van der Waals surface area contributed by atoms with Crippen LogP contribution in [0.3, 0.4) is 0 Å². The van der Waals surface area contributed by atoms with Crippen molar-refractivity contribution in [2.75, 3.05) is 41.4 Å². The van der Waals surface area contributed by atoms with Crippen molar-refractivity contribution in [1.29, 1.82) is 0 Å². The Bertz CT molecular complexity index is 1000. The smallest absolute Gasteiger partial charge is 0.332 e. The van der Waals surface area contributed by atoms with Gasteiger partial charge in [-0.25, -0.2) is 9.69 Å². The summed E-state index contributed by atoms with van der Waals surface area (Å²) in [6.07, 6.45) is 0. The topological polar surface area (TPSA) is 82.2 Å². The molecule has 0 aromatic heterocycles. The van der Waals surface area contributed by atoms with Crippen LogP contribution in [0.1, 0.15) is 19.4 Å². The predicted octanol–water partition coefficient (Wildman–Crippen LogP) is 3.02. The Morgan fingerprint density at radius 3 is 2.22 bits per heavy atom. The van der Waals surface area contributed by atoms with Gasteiger partial charge in [0.15, 0.2) is 0 Å². The number of aryl methyl sites for hydroxylation is 1. The highest BCUT2D eigenvalue weighted by atomic mass is 16.5. The fourth-order valence-electron chi connectivity index (χ4n) is 4.02. The van der Waals surface area contributed by atoms with Gasteiger partial charge in [0, 0.05) is 30.2 Å². The zero-order valence-electron chi connectivity index (χ0n) is 18.6. The first-order valence-corrected chi connectivity index (χ1v) is 10.8. The molecule has 1 N–H and O–H groups in total. The van der Waals surface area contributed by atoms with Crippen LogP contribution in [0.15, 0.2) is 48.5 Å². The van der Waals surface area contributed by atoms with Gasteiger partial charge in [0.2, 0.25) is 5.91 Å². The number of carbonyl (C=O) groups is 3. The molecule has 2 fully saturated rings. The number of amides is 4. The highest BCUT2D eigenvalue weighted by Gasteiger charge is 2.47. The average molecular weight is 437 g/mol. The molecule has 32 heavy (non-hydrogen) atoms. The van der Waals surface area contributed by atoms with Crippen LogP contribution in [0.5, 0.6) is 0 Å². The van der Waals surface area contributed by atoms with E-state index in [1.54, 1.807) is 26.0 Å². The number of urea groups is 1. The summed E-state index contributed by atoms with van der Waals surface area (Å²) < 4.78 is 5.38. The molecule has 2 heterocycles. The van der Waals surface area contributed by atoms with Crippen molar-refractivity contribution >= 4 is 34.9 Å². The van der Waals surface area contributed by atoms with E-state index in [-0.39, 0.29) is 5.91 Å². The fourth-order valence-corrected chi connectivity index (χ4v) is 4.02. The summed E-state index contributed by atoms with van der Waals surface area (Å²) in [7, 11) is 0. The molecule has 2 atom stereocenters. The second-order valence-electron chi connectivity index (χ2n) is 8.18. The van der Waals surface area contributed by atoms with Crippen LogP contribution >= 0.6 is 0 Å². The van der Waals surface area contributed by atoms with Crippen LogP contribution in [0.4, 0.5) is 21.9 Å². The molecular weight excluding hydrogens is 408 g/mol. The van der Waals surface area contributed by atoms with Gasteiger partial charge in [0.1, 0.15) is 12.1 Å². The van der Waals surface area contributed by atoms with Gasteiger partial charge >= 0.3 is 6.03 Å². The zero-order chi connectivity index (χ0) is 22.8. The van der Waals surface area contributed by atoms with E-state index < -0.39 is 24.0 Å². The summed E-state index contributed by atoms with van der Waals surface area (Å²) in [5.74, 6) is -0.801. The first-order chi connectivity index (χ1) is 15.4. The standard InChI is InChI=1S/C24H28N4O4/c1-16-4-8-21(9-5-16)27-18(3)23(30)28(24(27)31)17(2)22(29)25-19-6-10-20(11-7-19)26-12-14-32-15-13-26/h4-11,17-18H,12-15H2,1-3H3,(H,25,29)/t17-,18+/m0/s1. The number of carbonyl (C=O) groups excluding carboxylic acids is 3. The van der Waals surface area contributed by atoms with Gasteiger partial charge in [-0.15, -0.1) is 0 Å². The van der Waals surface area contributed by atoms with E-state index in [1.807, 2.05) is 43.3 Å². The van der Waals surface area contributed by atoms with E-state index in [0.29, 0.717) is 24.6 Å². The fraction of sp³-hybridized carbons (Fsp3) is 0.375. The van der Waals surface area contributed by atoms with E-state index in [1.165, 1.54) is 4.90 Å². The molecule has 0 spiro atoms. The predicted molar refractivity (Wildman–Crippen MR) is 123 cm³/mol. The van der Waals surface area contributed by atoms with Crippen molar-refractivity contribution in [2.45, 2.75) is 32.9 Å². The molecule has 8 nitrogen and oxygen atoms in total. The van der Waals surface area contributed by atoms with Crippen LogP contribution in [0, 0.1) is 6.92 Å². The van der Waals surface area contributed by atoms with E-state index >= 15 is 0 Å². The zero-order valence-corrected chi connectivity index (χ0v) is 18.6. The Kier molecular flexibility index (Phi) is 6.14. The summed E-state index contributed by atoms with van der Waals surface area (Å²) in [4.78, 5) is 43.5. The molecule has 4 rings (SSSR count). The monoisotopic (exact) mass is 436 g/mol. The molecule has 2 aromatic rings. The quantitative estimate of drug-likeness (QED) is 0.729. The molecule has 4 amide bonds. The summed E-state index contributed by atoms with van der Waals surface area (Å²) in [5.41, 5.74) is 3.37. The SMILES string of the molecule is Cc1ccc(N2C(=O)N([C@@H](C)C(=O)Nc3ccc(N4CCOCC4)cc3)C(=O)[C@H]2C)cc1. The molecule has 168 valence electrons. The highest BCUT2D eigenvalue weighted by molar-refractivity contribution is 6.16. The number of nitrogens with one attached hydrogen (secondary N) is 1. The number of benzene rings is 2. The summed E-state index contributed by atoms with van der Waals surface area (Å²) in [5, 5.41) is 2.82. The number of rotatable bonds is 5. The van der Waals surface area contributed by atoms with Gasteiger partial charge in [0.25, 0.3) is 5.91 Å². The molecule has 2 saturated heterocycles. The molecule has 0 radical (unpaired) electrons. The number of hydrogen-bond acceptors (Lipinski definition) is 5. The van der Waals surface area contributed by atoms with Crippen molar-refractivity contribution in [3.05, 3.63) is 54.1 Å². The third-order valence-electron chi connectivity index (χ3n) is 5.98. The summed E-state index contributed by atoms with van der Waals surface area (Å²) in [6.45, 7) is 8.26. The number of anilines is 3. The lowest BCUT2D eigenvalue weighted by atomic mass is 10.2. The number of ether oxygens (including phenoxy) is 1. The number of morpholine rings is 1. The van der Waals surface area contributed by atoms with Gasteiger partial charge in [-0.3, -0.25) is 14.5 Å². The van der Waals surface area contributed by atoms with E-state index in [4.69, 9.17) is 4.74 Å². The first kappa shape index (κ1) is 21.8. The maximum absolute atomic E-state index is 13.1. The Balaban J connectivity index is 1.44. The highest BCUT2D eigenvalue weighted by Crippen LogP contribution is 2.28.